The van der Waals surface area contributed by atoms with Crippen LogP contribution in [0.25, 0.3) is 0 Å². The van der Waals surface area contributed by atoms with Gasteiger partial charge in [0.15, 0.2) is 0 Å². The Bertz CT molecular complexity index is 286. The van der Waals surface area contributed by atoms with Gasteiger partial charge in [0.25, 0.3) is 0 Å². The van der Waals surface area contributed by atoms with E-state index >= 15 is 0 Å². The van der Waals surface area contributed by atoms with Crippen molar-refractivity contribution in [2.75, 3.05) is 6.54 Å². The van der Waals surface area contributed by atoms with Gasteiger partial charge in [0.1, 0.15) is 0 Å². The lowest BCUT2D eigenvalue weighted by molar-refractivity contribution is 0.204. The summed E-state index contributed by atoms with van der Waals surface area (Å²) in [7, 11) is 0. The van der Waals surface area contributed by atoms with Crippen molar-refractivity contribution in [3.8, 4) is 0 Å². The lowest BCUT2D eigenvalue weighted by Crippen LogP contribution is -2.29. The van der Waals surface area contributed by atoms with Crippen LogP contribution in [0.15, 0.2) is 30.3 Å². The molecular weight excluding hydrogens is 206 g/mol. The first-order valence-corrected chi connectivity index (χ1v) is 5.59. The van der Waals surface area contributed by atoms with Gasteiger partial charge >= 0.3 is 0 Å². The van der Waals surface area contributed by atoms with Crippen molar-refractivity contribution in [3.05, 3.63) is 35.9 Å². The van der Waals surface area contributed by atoms with E-state index in [2.05, 4.69) is 49.1 Å². The highest BCUT2D eigenvalue weighted by atomic mass is 35.5. The first kappa shape index (κ1) is 12.5. The number of hydrogen-bond donors (Lipinski definition) is 0. The van der Waals surface area contributed by atoms with E-state index in [1.54, 1.807) is 0 Å². The third-order valence-corrected chi connectivity index (χ3v) is 3.38. The van der Waals surface area contributed by atoms with E-state index in [9.17, 15) is 0 Å². The Morgan fingerprint density at radius 2 is 1.93 bits per heavy atom. The Hall–Kier alpha value is -0.530. The highest BCUT2D eigenvalue weighted by molar-refractivity contribution is 5.85. The lowest BCUT2D eigenvalue weighted by Gasteiger charge is -2.28. The summed E-state index contributed by atoms with van der Waals surface area (Å²) in [6, 6.07) is 12.1. The van der Waals surface area contributed by atoms with E-state index in [0.717, 1.165) is 6.04 Å². The van der Waals surface area contributed by atoms with E-state index in [-0.39, 0.29) is 12.4 Å². The number of likely N-dealkylation sites (tertiary alicyclic amines) is 1. The summed E-state index contributed by atoms with van der Waals surface area (Å²) in [5, 5.41) is 0. The number of rotatable bonds is 2. The van der Waals surface area contributed by atoms with Crippen LogP contribution in [-0.2, 0) is 0 Å². The summed E-state index contributed by atoms with van der Waals surface area (Å²) < 4.78 is 0. The van der Waals surface area contributed by atoms with Crippen LogP contribution in [0, 0.1) is 0 Å². The lowest BCUT2D eigenvalue weighted by atomic mass is 10.1. The number of halogens is 1. The van der Waals surface area contributed by atoms with Crippen LogP contribution >= 0.6 is 12.4 Å². The fraction of sp³-hybridized carbons (Fsp3) is 0.538. The van der Waals surface area contributed by atoms with E-state index in [1.807, 2.05) is 0 Å². The maximum absolute atomic E-state index is 2.61. The quantitative estimate of drug-likeness (QED) is 0.743. The average Bonchev–Trinajstić information content (AvgIpc) is 2.65. The molecule has 2 atom stereocenters. The molecule has 0 bridgehead atoms. The van der Waals surface area contributed by atoms with Crippen molar-refractivity contribution in [1.29, 1.82) is 0 Å². The third-order valence-electron chi connectivity index (χ3n) is 3.38. The molecule has 84 valence electrons. The van der Waals surface area contributed by atoms with Gasteiger partial charge in [0.05, 0.1) is 0 Å². The van der Waals surface area contributed by atoms with Crippen LogP contribution in [0.5, 0.6) is 0 Å². The first-order chi connectivity index (χ1) is 6.79. The molecule has 1 saturated heterocycles. The van der Waals surface area contributed by atoms with Gasteiger partial charge < -0.3 is 0 Å². The third kappa shape index (κ3) is 2.73. The Kier molecular flexibility index (Phi) is 4.62. The molecule has 1 aromatic carbocycles. The van der Waals surface area contributed by atoms with Gasteiger partial charge in [0, 0.05) is 12.1 Å². The Morgan fingerprint density at radius 3 is 2.47 bits per heavy atom. The summed E-state index contributed by atoms with van der Waals surface area (Å²) in [6.45, 7) is 5.92. The summed E-state index contributed by atoms with van der Waals surface area (Å²) in [4.78, 5) is 2.61. The second-order valence-electron chi connectivity index (χ2n) is 4.32. The molecule has 0 N–H and O–H groups in total. The van der Waals surface area contributed by atoms with Crippen LogP contribution < -0.4 is 0 Å². The number of benzene rings is 1. The Labute approximate surface area is 98.9 Å². The Morgan fingerprint density at radius 1 is 1.27 bits per heavy atom. The maximum Gasteiger partial charge on any atom is 0.0322 e. The van der Waals surface area contributed by atoms with Gasteiger partial charge in [-0.1, -0.05) is 30.3 Å². The molecular formula is C13H20ClN. The highest BCUT2D eigenvalue weighted by Crippen LogP contribution is 2.28. The van der Waals surface area contributed by atoms with Crippen molar-refractivity contribution in [2.24, 2.45) is 0 Å². The largest absolute Gasteiger partial charge is 0.294 e. The molecule has 1 fully saturated rings. The van der Waals surface area contributed by atoms with E-state index in [1.165, 1.54) is 24.9 Å². The molecule has 2 heteroatoms. The molecule has 0 amide bonds. The monoisotopic (exact) mass is 225 g/mol. The summed E-state index contributed by atoms with van der Waals surface area (Å²) in [5.41, 5.74) is 1.45. The van der Waals surface area contributed by atoms with E-state index < -0.39 is 0 Å². The molecule has 0 radical (unpaired) electrons. The fourth-order valence-corrected chi connectivity index (χ4v) is 2.45. The zero-order chi connectivity index (χ0) is 9.97. The first-order valence-electron chi connectivity index (χ1n) is 5.59. The van der Waals surface area contributed by atoms with Gasteiger partial charge in [-0.25, -0.2) is 0 Å². The van der Waals surface area contributed by atoms with Crippen LogP contribution in [0.1, 0.15) is 38.3 Å². The minimum absolute atomic E-state index is 0. The molecule has 15 heavy (non-hydrogen) atoms. The second kappa shape index (κ2) is 5.53. The van der Waals surface area contributed by atoms with Crippen LogP contribution in [0.2, 0.25) is 0 Å². The predicted molar refractivity (Wildman–Crippen MR) is 67.5 cm³/mol. The molecule has 0 aliphatic carbocycles. The summed E-state index contributed by atoms with van der Waals surface area (Å²) in [6.07, 6.45) is 2.72. The topological polar surface area (TPSA) is 3.24 Å². The van der Waals surface area contributed by atoms with Crippen LogP contribution in [0.4, 0.5) is 0 Å². The standard InChI is InChI=1S/C13H19N.ClH/c1-11-7-6-10-14(11)12(2)13-8-4-3-5-9-13;/h3-5,8-9,11-12H,6-7,10H2,1-2H3;1H/t11-,12-;/m0./s1. The van der Waals surface area contributed by atoms with Gasteiger partial charge in [-0.2, -0.15) is 0 Å². The molecule has 1 nitrogen and oxygen atoms in total. The van der Waals surface area contributed by atoms with Crippen molar-refractivity contribution >= 4 is 12.4 Å². The van der Waals surface area contributed by atoms with Gasteiger partial charge in [-0.15, -0.1) is 12.4 Å². The fourth-order valence-electron chi connectivity index (χ4n) is 2.45. The SMILES string of the molecule is C[C@H]1CCCN1[C@@H](C)c1ccccc1.Cl. The maximum atomic E-state index is 2.61. The molecule has 2 rings (SSSR count). The average molecular weight is 226 g/mol. The molecule has 0 aromatic heterocycles. The van der Waals surface area contributed by atoms with Crippen molar-refractivity contribution < 1.29 is 0 Å². The van der Waals surface area contributed by atoms with E-state index in [0.29, 0.717) is 6.04 Å². The molecule has 1 heterocycles. The van der Waals surface area contributed by atoms with Crippen molar-refractivity contribution in [1.82, 2.24) is 4.90 Å². The molecule has 0 saturated carbocycles. The zero-order valence-electron chi connectivity index (χ0n) is 9.52. The van der Waals surface area contributed by atoms with Gasteiger partial charge in [-0.3, -0.25) is 4.90 Å². The highest BCUT2D eigenvalue weighted by Gasteiger charge is 2.25. The van der Waals surface area contributed by atoms with Crippen molar-refractivity contribution in [3.63, 3.8) is 0 Å². The number of hydrogen-bond acceptors (Lipinski definition) is 1. The molecule has 0 unspecified atom stereocenters. The smallest absolute Gasteiger partial charge is 0.0322 e. The van der Waals surface area contributed by atoms with Crippen LogP contribution in [-0.4, -0.2) is 17.5 Å². The molecule has 1 aliphatic rings. The minimum atomic E-state index is 0. The molecule has 1 aliphatic heterocycles. The normalized spacial score (nSPS) is 23.5. The molecule has 0 spiro atoms. The van der Waals surface area contributed by atoms with Gasteiger partial charge in [-0.05, 0) is 38.8 Å². The summed E-state index contributed by atoms with van der Waals surface area (Å²) in [5.74, 6) is 0. The van der Waals surface area contributed by atoms with Crippen LogP contribution in [0.3, 0.4) is 0 Å². The Balaban J connectivity index is 0.00000112. The molecule has 1 aromatic rings. The second-order valence-corrected chi connectivity index (χ2v) is 4.32. The van der Waals surface area contributed by atoms with Gasteiger partial charge in [0.2, 0.25) is 0 Å². The minimum Gasteiger partial charge on any atom is -0.294 e. The zero-order valence-corrected chi connectivity index (χ0v) is 10.3. The van der Waals surface area contributed by atoms with E-state index in [4.69, 9.17) is 0 Å². The summed E-state index contributed by atoms with van der Waals surface area (Å²) >= 11 is 0. The van der Waals surface area contributed by atoms with Crippen molar-refractivity contribution in [2.45, 2.75) is 38.8 Å². The number of nitrogens with zero attached hydrogens (tertiary/aromatic N) is 1. The predicted octanol–water partition coefficient (Wildman–Crippen LogP) is 3.65.